The number of carbonyl (C=O) groups is 1. The van der Waals surface area contributed by atoms with Crippen LogP contribution in [0.5, 0.6) is 0 Å². The second kappa shape index (κ2) is 8.71. The van der Waals surface area contributed by atoms with Crippen molar-refractivity contribution in [3.63, 3.8) is 0 Å². The number of halogens is 1. The van der Waals surface area contributed by atoms with Crippen molar-refractivity contribution in [1.82, 2.24) is 19.7 Å². The van der Waals surface area contributed by atoms with Crippen molar-refractivity contribution in [2.24, 2.45) is 10.9 Å². The highest BCUT2D eigenvalue weighted by atomic mass is 32.2. The fourth-order valence-corrected chi connectivity index (χ4v) is 6.22. The lowest BCUT2D eigenvalue weighted by Gasteiger charge is -2.33. The number of hydrogen-bond donors (Lipinski definition) is 2. The lowest BCUT2D eigenvalue weighted by Crippen LogP contribution is -2.42. The van der Waals surface area contributed by atoms with Crippen molar-refractivity contribution in [2.75, 3.05) is 23.7 Å². The zero-order chi connectivity index (χ0) is 23.9. The highest BCUT2D eigenvalue weighted by molar-refractivity contribution is 8.13. The number of anilines is 1. The lowest BCUT2D eigenvalue weighted by molar-refractivity contribution is 0.0693. The number of fused-ring (bicyclic) bond motifs is 1. The lowest BCUT2D eigenvalue weighted by atomic mass is 9.87. The monoisotopic (exact) mass is 498 g/mol. The number of amidine groups is 1. The van der Waals surface area contributed by atoms with Crippen molar-refractivity contribution in [3.05, 3.63) is 70.7 Å². The van der Waals surface area contributed by atoms with E-state index in [0.29, 0.717) is 29.8 Å². The zero-order valence-electron chi connectivity index (χ0n) is 18.6. The van der Waals surface area contributed by atoms with Gasteiger partial charge in [0.25, 0.3) is 5.91 Å². The Kier molecular flexibility index (Phi) is 5.86. The Bertz CT molecular complexity index is 1230. The van der Waals surface area contributed by atoms with Crippen molar-refractivity contribution < 1.29 is 14.3 Å². The number of aliphatic hydroxyl groups is 1. The molecule has 176 valence electrons. The number of hydrogen-bond acceptors (Lipinski definition) is 9. The Labute approximate surface area is 204 Å². The molecule has 1 aromatic carbocycles. The third kappa shape index (κ3) is 4.19. The predicted molar refractivity (Wildman–Crippen MR) is 131 cm³/mol. The minimum Gasteiger partial charge on any atom is -0.384 e. The summed E-state index contributed by atoms with van der Waals surface area (Å²) in [6, 6.07) is 11.0. The van der Waals surface area contributed by atoms with Crippen molar-refractivity contribution in [1.29, 1.82) is 0 Å². The van der Waals surface area contributed by atoms with Crippen LogP contribution in [0.25, 0.3) is 0 Å². The van der Waals surface area contributed by atoms with Gasteiger partial charge in [-0.3, -0.25) is 4.79 Å². The van der Waals surface area contributed by atoms with Gasteiger partial charge in [0.1, 0.15) is 16.8 Å². The van der Waals surface area contributed by atoms with Crippen LogP contribution in [0.1, 0.15) is 34.8 Å². The molecule has 0 radical (unpaired) electrons. The van der Waals surface area contributed by atoms with Crippen LogP contribution in [0.2, 0.25) is 0 Å². The van der Waals surface area contributed by atoms with E-state index in [9.17, 15) is 14.3 Å². The minimum atomic E-state index is -1.44. The Morgan fingerprint density at radius 2 is 2.09 bits per heavy atom. The molecule has 2 atom stereocenters. The first-order chi connectivity index (χ1) is 16.3. The number of rotatable bonds is 4. The molecule has 2 aliphatic heterocycles. The number of aliphatic imine (C=N–C) groups is 1. The Hall–Kier alpha value is -2.89. The maximum absolute atomic E-state index is 14.3. The normalized spacial score (nSPS) is 22.3. The van der Waals surface area contributed by atoms with E-state index in [1.54, 1.807) is 18.3 Å². The fraction of sp³-hybridized carbons (Fsp3) is 0.348. The van der Waals surface area contributed by atoms with Gasteiger partial charge in [0.2, 0.25) is 5.95 Å². The van der Waals surface area contributed by atoms with E-state index in [1.165, 1.54) is 37.1 Å². The molecule has 1 fully saturated rings. The highest BCUT2D eigenvalue weighted by Crippen LogP contribution is 2.47. The Morgan fingerprint density at radius 1 is 1.29 bits per heavy atom. The summed E-state index contributed by atoms with van der Waals surface area (Å²) in [6.07, 6.45) is 2.84. The van der Waals surface area contributed by atoms with Gasteiger partial charge in [-0.05, 0) is 43.6 Å². The number of aromatic nitrogens is 3. The van der Waals surface area contributed by atoms with Crippen molar-refractivity contribution in [2.45, 2.75) is 25.0 Å². The molecule has 2 unspecified atom stereocenters. The molecule has 2 N–H and O–H groups in total. The number of benzene rings is 1. The molecule has 4 heterocycles. The van der Waals surface area contributed by atoms with Crippen LogP contribution in [0, 0.1) is 11.7 Å². The molecule has 3 aromatic rings. The summed E-state index contributed by atoms with van der Waals surface area (Å²) in [4.78, 5) is 29.3. The first kappa shape index (κ1) is 22.9. The summed E-state index contributed by atoms with van der Waals surface area (Å²) in [6.45, 7) is 4.04. The SMILES string of the molecule is CC(C)(O)c1nc(N2CC3CSC(NC(=O)c4ccccc4)=NC3(c3ccns3)C2)ncc1F. The smallest absolute Gasteiger partial charge is 0.257 e. The molecule has 0 bridgehead atoms. The molecule has 8 nitrogen and oxygen atoms in total. The zero-order valence-corrected chi connectivity index (χ0v) is 20.2. The van der Waals surface area contributed by atoms with Crippen LogP contribution in [-0.2, 0) is 11.1 Å². The number of carbonyl (C=O) groups excluding carboxylic acids is 1. The molecule has 5 rings (SSSR count). The van der Waals surface area contributed by atoms with Gasteiger partial charge in [-0.15, -0.1) is 0 Å². The maximum atomic E-state index is 14.3. The average Bonchev–Trinajstić information content (AvgIpc) is 3.48. The number of amides is 1. The molecule has 1 saturated heterocycles. The summed E-state index contributed by atoms with van der Waals surface area (Å²) in [5.41, 5.74) is -1.57. The topological polar surface area (TPSA) is 104 Å². The Morgan fingerprint density at radius 3 is 2.79 bits per heavy atom. The van der Waals surface area contributed by atoms with Gasteiger partial charge in [-0.2, -0.15) is 0 Å². The largest absolute Gasteiger partial charge is 0.384 e. The molecule has 2 aliphatic rings. The molecule has 34 heavy (non-hydrogen) atoms. The van der Waals surface area contributed by atoms with Crippen LogP contribution in [-0.4, -0.2) is 49.4 Å². The number of nitrogens with one attached hydrogen (secondary N) is 1. The average molecular weight is 499 g/mol. The predicted octanol–water partition coefficient (Wildman–Crippen LogP) is 3.16. The summed E-state index contributed by atoms with van der Waals surface area (Å²) in [5, 5.41) is 13.8. The molecular formula is C23H23FN6O2S2. The summed E-state index contributed by atoms with van der Waals surface area (Å²) < 4.78 is 18.6. The molecule has 1 amide bonds. The first-order valence-electron chi connectivity index (χ1n) is 10.8. The number of nitrogens with zero attached hydrogens (tertiary/aromatic N) is 5. The summed E-state index contributed by atoms with van der Waals surface area (Å²) >= 11 is 2.87. The molecular weight excluding hydrogens is 475 g/mol. The molecule has 0 saturated carbocycles. The third-order valence-electron chi connectivity index (χ3n) is 5.99. The van der Waals surface area contributed by atoms with E-state index in [-0.39, 0.29) is 17.5 Å². The van der Waals surface area contributed by atoms with E-state index >= 15 is 0 Å². The molecule has 11 heteroatoms. The van der Waals surface area contributed by atoms with Gasteiger partial charge in [-0.1, -0.05) is 30.0 Å². The van der Waals surface area contributed by atoms with Crippen molar-refractivity contribution >= 4 is 40.3 Å². The van der Waals surface area contributed by atoms with E-state index in [1.807, 2.05) is 29.2 Å². The maximum Gasteiger partial charge on any atom is 0.257 e. The van der Waals surface area contributed by atoms with E-state index in [4.69, 9.17) is 4.99 Å². The van der Waals surface area contributed by atoms with Crippen LogP contribution >= 0.6 is 23.3 Å². The van der Waals surface area contributed by atoms with E-state index in [2.05, 4.69) is 19.7 Å². The van der Waals surface area contributed by atoms with Crippen LogP contribution in [0.15, 0.2) is 53.8 Å². The first-order valence-corrected chi connectivity index (χ1v) is 12.5. The van der Waals surface area contributed by atoms with E-state index < -0.39 is 17.0 Å². The Balaban J connectivity index is 1.48. The van der Waals surface area contributed by atoms with Crippen LogP contribution in [0.3, 0.4) is 0 Å². The summed E-state index contributed by atoms with van der Waals surface area (Å²) in [7, 11) is 0. The highest BCUT2D eigenvalue weighted by Gasteiger charge is 2.52. The second-order valence-corrected chi connectivity index (χ2v) is 10.7. The third-order valence-corrected chi connectivity index (χ3v) is 7.93. The quantitative estimate of drug-likeness (QED) is 0.570. The van der Waals surface area contributed by atoms with E-state index in [0.717, 1.165) is 16.8 Å². The van der Waals surface area contributed by atoms with Crippen molar-refractivity contribution in [3.8, 4) is 0 Å². The van der Waals surface area contributed by atoms with Gasteiger partial charge < -0.3 is 15.3 Å². The number of thioether (sulfide) groups is 1. The van der Waals surface area contributed by atoms with Gasteiger partial charge >= 0.3 is 0 Å². The van der Waals surface area contributed by atoms with Gasteiger partial charge in [0.15, 0.2) is 11.0 Å². The fourth-order valence-electron chi connectivity index (χ4n) is 4.30. The van der Waals surface area contributed by atoms with Gasteiger partial charge in [0, 0.05) is 30.0 Å². The summed E-state index contributed by atoms with van der Waals surface area (Å²) in [5.74, 6) is 0.309. The van der Waals surface area contributed by atoms with Crippen LogP contribution in [0.4, 0.5) is 10.3 Å². The molecule has 0 spiro atoms. The second-order valence-electron chi connectivity index (χ2n) is 8.85. The van der Waals surface area contributed by atoms with Crippen LogP contribution < -0.4 is 10.2 Å². The van der Waals surface area contributed by atoms with Gasteiger partial charge in [0.05, 0.1) is 17.6 Å². The standard InChI is InChI=1S/C23H23FN6O2S2/c1-22(2,32)18-16(24)10-25-20(27-18)30-11-15-12-33-21(28-19(31)14-6-4-3-5-7-14)29-23(15,13-30)17-8-9-26-34-17/h3-10,15,32H,11-13H2,1-2H3,(H,28,29,31). The minimum absolute atomic E-state index is 0.0482. The molecule has 0 aliphatic carbocycles. The molecule has 2 aromatic heterocycles. The van der Waals surface area contributed by atoms with Gasteiger partial charge in [-0.25, -0.2) is 23.7 Å².